The topological polar surface area (TPSA) is 12.9 Å². The molecule has 0 fully saturated rings. The molecule has 0 aliphatic heterocycles. The summed E-state index contributed by atoms with van der Waals surface area (Å²) in [6, 6.07) is 22.3. The van der Waals surface area contributed by atoms with Crippen LogP contribution in [0.1, 0.15) is 5.56 Å². The van der Waals surface area contributed by atoms with E-state index in [1.807, 2.05) is 54.7 Å². The smallest absolute Gasteiger partial charge is 0.276 e. The van der Waals surface area contributed by atoms with Crippen molar-refractivity contribution >= 4 is 0 Å². The van der Waals surface area contributed by atoms with Gasteiger partial charge in [0, 0.05) is 6.20 Å². The average Bonchev–Trinajstić information content (AvgIpc) is 3.06. The summed E-state index contributed by atoms with van der Waals surface area (Å²) in [5, 5.41) is 0. The molecule has 0 radical (unpaired) electrons. The van der Waals surface area contributed by atoms with Gasteiger partial charge in [0.05, 0.1) is 0 Å². The number of hydrogen-bond acceptors (Lipinski definition) is 1. The van der Waals surface area contributed by atoms with Crippen LogP contribution in [-0.4, -0.2) is 4.98 Å². The van der Waals surface area contributed by atoms with E-state index in [1.165, 1.54) is 11.1 Å². The molecule has 0 bridgehead atoms. The molecule has 3 rings (SSSR count). The second kappa shape index (κ2) is 7.65. The van der Waals surface area contributed by atoms with Crippen molar-refractivity contribution in [2.45, 2.75) is 6.92 Å². The zero-order valence-corrected chi connectivity index (χ0v) is 11.3. The van der Waals surface area contributed by atoms with Gasteiger partial charge in [0.1, 0.15) is 0 Å². The third-order valence-corrected chi connectivity index (χ3v) is 2.43. The van der Waals surface area contributed by atoms with Crippen LogP contribution >= 0.6 is 0 Å². The van der Waals surface area contributed by atoms with E-state index < -0.39 is 0 Å². The first-order valence-corrected chi connectivity index (χ1v) is 5.68. The molecule has 0 aliphatic rings. The van der Waals surface area contributed by atoms with Crippen LogP contribution in [0.4, 0.5) is 0 Å². The third kappa shape index (κ3) is 4.32. The first kappa shape index (κ1) is 14.4. The summed E-state index contributed by atoms with van der Waals surface area (Å²) in [4.78, 5) is 4.28. The van der Waals surface area contributed by atoms with Gasteiger partial charge in [0.15, 0.2) is 0 Å². The molecule has 3 aromatic rings. The van der Waals surface area contributed by atoms with Crippen molar-refractivity contribution in [2.24, 2.45) is 0 Å². The van der Waals surface area contributed by atoms with Gasteiger partial charge in [-0.05, 0) is 12.6 Å². The van der Waals surface area contributed by atoms with Gasteiger partial charge in [0.25, 0.3) is 0 Å². The number of aromatic nitrogens is 1. The minimum Gasteiger partial charge on any atom is -0.276 e. The number of rotatable bonds is 1. The molecule has 0 N–H and O–H groups in total. The summed E-state index contributed by atoms with van der Waals surface area (Å²) < 4.78 is 0. The van der Waals surface area contributed by atoms with E-state index >= 15 is 0 Å². The molecule has 0 unspecified atom stereocenters. The van der Waals surface area contributed by atoms with Crippen molar-refractivity contribution < 1.29 is 17.1 Å². The Morgan fingerprint density at radius 3 is 2.22 bits per heavy atom. The predicted molar refractivity (Wildman–Crippen MR) is 72.0 cm³/mol. The number of aryl methyl sites for hydroxylation is 1. The van der Waals surface area contributed by atoms with Crippen molar-refractivity contribution in [3.8, 4) is 11.3 Å². The van der Waals surface area contributed by atoms with Gasteiger partial charge < -0.3 is 0 Å². The van der Waals surface area contributed by atoms with Gasteiger partial charge in [-0.15, -0.1) is 18.2 Å². The maximum absolute atomic E-state index is 4.28. The monoisotopic (exact) mass is 277 g/mol. The number of pyridine rings is 1. The molecule has 2 aromatic carbocycles. The van der Waals surface area contributed by atoms with Crippen LogP contribution in [0.25, 0.3) is 11.3 Å². The quantitative estimate of drug-likeness (QED) is 0.480. The van der Waals surface area contributed by atoms with E-state index in [0.717, 1.165) is 5.69 Å². The van der Waals surface area contributed by atoms with Crippen LogP contribution < -0.4 is 0 Å². The van der Waals surface area contributed by atoms with E-state index in [2.05, 4.69) is 30.1 Å². The Kier molecular flexibility index (Phi) is 6.13. The summed E-state index contributed by atoms with van der Waals surface area (Å²) in [7, 11) is 0. The zero-order valence-electron chi connectivity index (χ0n) is 10.2. The Balaban J connectivity index is 0.000000230. The first-order valence-electron chi connectivity index (χ1n) is 5.68. The molecule has 1 nitrogen and oxygen atoms in total. The van der Waals surface area contributed by atoms with Crippen molar-refractivity contribution in [1.29, 1.82) is 0 Å². The minimum atomic E-state index is 0. The molecule has 18 heavy (non-hydrogen) atoms. The Bertz CT molecular complexity index is 507. The Morgan fingerprint density at radius 2 is 1.72 bits per heavy atom. The van der Waals surface area contributed by atoms with Crippen molar-refractivity contribution in [3.05, 3.63) is 78.5 Å². The van der Waals surface area contributed by atoms with Gasteiger partial charge in [0.2, 0.25) is 0 Å². The normalized spacial score (nSPS) is 8.94. The first-order chi connectivity index (χ1) is 8.36. The molecule has 0 amide bonds. The fourth-order valence-electron chi connectivity index (χ4n) is 1.56. The number of hydrogen-bond donors (Lipinski definition) is 0. The molecular formula is C16H15FeN. The average molecular weight is 277 g/mol. The van der Waals surface area contributed by atoms with Gasteiger partial charge in [-0.3, -0.25) is 4.98 Å². The SMILES string of the molecule is Cc1ccnc(-[c-]2cccc2)c1.[Fe+2].c1cc[cH-]c1. The fourth-order valence-corrected chi connectivity index (χ4v) is 1.56. The molecule has 0 atom stereocenters. The van der Waals surface area contributed by atoms with E-state index in [4.69, 9.17) is 0 Å². The predicted octanol–water partition coefficient (Wildman–Crippen LogP) is 4.18. The largest absolute Gasteiger partial charge is 2.00 e. The molecule has 0 saturated heterocycles. The van der Waals surface area contributed by atoms with Crippen molar-refractivity contribution in [2.75, 3.05) is 0 Å². The van der Waals surface area contributed by atoms with E-state index in [1.54, 1.807) is 0 Å². The van der Waals surface area contributed by atoms with Crippen LogP contribution in [-0.2, 0) is 17.1 Å². The second-order valence-corrected chi connectivity index (χ2v) is 3.85. The number of nitrogens with zero attached hydrogens (tertiary/aromatic N) is 1. The minimum absolute atomic E-state index is 0. The van der Waals surface area contributed by atoms with Crippen LogP contribution in [0.15, 0.2) is 72.9 Å². The Hall–Kier alpha value is -1.63. The standard InChI is InChI=1S/C11H10N.C5H5.Fe/c1-9-6-7-12-11(8-9)10-4-2-3-5-10;1-2-4-5-3-1;/h2-8H,1H3;1-5H;/q2*-1;+2. The van der Waals surface area contributed by atoms with Crippen LogP contribution in [0.5, 0.6) is 0 Å². The molecule has 1 aromatic heterocycles. The second-order valence-electron chi connectivity index (χ2n) is 3.85. The maximum Gasteiger partial charge on any atom is 2.00 e. The summed E-state index contributed by atoms with van der Waals surface area (Å²) in [5.41, 5.74) is 3.50. The molecule has 92 valence electrons. The summed E-state index contributed by atoms with van der Waals surface area (Å²) >= 11 is 0. The van der Waals surface area contributed by atoms with Gasteiger partial charge in [-0.2, -0.15) is 30.3 Å². The van der Waals surface area contributed by atoms with E-state index in [-0.39, 0.29) is 17.1 Å². The molecular weight excluding hydrogens is 262 g/mol. The van der Waals surface area contributed by atoms with Crippen molar-refractivity contribution in [1.82, 2.24) is 4.98 Å². The van der Waals surface area contributed by atoms with Crippen molar-refractivity contribution in [3.63, 3.8) is 0 Å². The summed E-state index contributed by atoms with van der Waals surface area (Å²) in [6.45, 7) is 2.08. The van der Waals surface area contributed by atoms with Crippen LogP contribution in [0.3, 0.4) is 0 Å². The van der Waals surface area contributed by atoms with Crippen LogP contribution in [0, 0.1) is 6.92 Å². The van der Waals surface area contributed by atoms with E-state index in [0.29, 0.717) is 0 Å². The molecule has 2 heteroatoms. The molecule has 1 heterocycles. The van der Waals surface area contributed by atoms with Gasteiger partial charge in [-0.25, -0.2) is 12.1 Å². The maximum atomic E-state index is 4.28. The fraction of sp³-hybridized carbons (Fsp3) is 0.0625. The van der Waals surface area contributed by atoms with Gasteiger partial charge >= 0.3 is 17.1 Å². The van der Waals surface area contributed by atoms with Gasteiger partial charge in [-0.1, -0.05) is 17.2 Å². The third-order valence-electron chi connectivity index (χ3n) is 2.43. The molecule has 0 saturated carbocycles. The Labute approximate surface area is 119 Å². The Morgan fingerprint density at radius 1 is 1.06 bits per heavy atom. The molecule has 0 aliphatic carbocycles. The molecule has 0 spiro atoms. The summed E-state index contributed by atoms with van der Waals surface area (Å²) in [5.74, 6) is 0. The zero-order chi connectivity index (χ0) is 11.9. The van der Waals surface area contributed by atoms with Crippen LogP contribution in [0.2, 0.25) is 0 Å². The van der Waals surface area contributed by atoms with E-state index in [9.17, 15) is 0 Å². The summed E-state index contributed by atoms with van der Waals surface area (Å²) in [6.07, 6.45) is 1.84.